The van der Waals surface area contributed by atoms with E-state index in [1.54, 1.807) is 0 Å². The number of aliphatic carboxylic acids is 1. The van der Waals surface area contributed by atoms with Crippen LogP contribution in [0.25, 0.3) is 0 Å². The zero-order valence-electron chi connectivity index (χ0n) is 10.1. The Balaban J connectivity index is 3.16. The van der Waals surface area contributed by atoms with Gasteiger partial charge in [0.25, 0.3) is 0 Å². The van der Waals surface area contributed by atoms with Gasteiger partial charge in [-0.15, -0.1) is 13.2 Å². The zero-order chi connectivity index (χ0) is 16.3. The molecule has 0 radical (unpaired) electrons. The number of benzene rings is 1. The van der Waals surface area contributed by atoms with E-state index in [9.17, 15) is 31.1 Å². The van der Waals surface area contributed by atoms with Gasteiger partial charge in [0.15, 0.2) is 0 Å². The van der Waals surface area contributed by atoms with Crippen molar-refractivity contribution in [1.82, 2.24) is 0 Å². The van der Waals surface area contributed by atoms with E-state index in [-0.39, 0.29) is 0 Å². The molecule has 0 aromatic heterocycles. The minimum Gasteiger partial charge on any atom is -0.481 e. The van der Waals surface area contributed by atoms with Gasteiger partial charge in [-0.2, -0.15) is 13.2 Å². The van der Waals surface area contributed by atoms with E-state index >= 15 is 0 Å². The lowest BCUT2D eigenvalue weighted by molar-refractivity contribution is -0.275. The average Bonchev–Trinajstić information content (AvgIpc) is 2.23. The molecule has 0 saturated heterocycles. The molecule has 1 aromatic carbocycles. The van der Waals surface area contributed by atoms with Crippen molar-refractivity contribution in [3.8, 4) is 5.75 Å². The lowest BCUT2D eigenvalue weighted by Crippen LogP contribution is -2.18. The number of carbonyl (C=O) groups is 1. The standard InChI is InChI=1S/C11H8F6O3S/c12-10(13,14)20-7-2-1-3-8(21-11(15,16)17)6(7)4-5-9(18)19/h1-3H,4-5H2,(H,18,19). The number of rotatable bonds is 5. The van der Waals surface area contributed by atoms with E-state index in [1.165, 1.54) is 0 Å². The summed E-state index contributed by atoms with van der Waals surface area (Å²) in [5.74, 6) is -2.18. The van der Waals surface area contributed by atoms with Crippen LogP contribution in [0.15, 0.2) is 23.1 Å². The highest BCUT2D eigenvalue weighted by molar-refractivity contribution is 8.00. The van der Waals surface area contributed by atoms with Crippen LogP contribution in [0, 0.1) is 0 Å². The Bertz CT molecular complexity index is 477. The molecule has 0 heterocycles. The molecule has 0 unspecified atom stereocenters. The highest BCUT2D eigenvalue weighted by Gasteiger charge is 2.35. The second-order valence-corrected chi connectivity index (χ2v) is 4.83. The van der Waals surface area contributed by atoms with Gasteiger partial charge in [-0.25, -0.2) is 0 Å². The van der Waals surface area contributed by atoms with Crippen molar-refractivity contribution in [2.45, 2.75) is 29.6 Å². The smallest absolute Gasteiger partial charge is 0.481 e. The summed E-state index contributed by atoms with van der Waals surface area (Å²) >= 11 is -0.621. The molecule has 1 N–H and O–H groups in total. The molecule has 0 spiro atoms. The highest BCUT2D eigenvalue weighted by Crippen LogP contribution is 2.42. The van der Waals surface area contributed by atoms with E-state index in [2.05, 4.69) is 4.74 Å². The summed E-state index contributed by atoms with van der Waals surface area (Å²) < 4.78 is 77.4. The number of carboxylic acids is 1. The third-order valence-corrected chi connectivity index (χ3v) is 2.96. The van der Waals surface area contributed by atoms with Gasteiger partial charge in [-0.3, -0.25) is 4.79 Å². The number of carboxylic acid groups (broad SMARTS) is 1. The first-order chi connectivity index (χ1) is 9.48. The Hall–Kier alpha value is -1.58. The number of ether oxygens (including phenoxy) is 1. The molecule has 0 saturated carbocycles. The van der Waals surface area contributed by atoms with E-state index in [1.807, 2.05) is 0 Å². The van der Waals surface area contributed by atoms with Gasteiger partial charge in [-0.1, -0.05) is 6.07 Å². The van der Waals surface area contributed by atoms with Gasteiger partial charge < -0.3 is 9.84 Å². The van der Waals surface area contributed by atoms with Crippen molar-refractivity contribution in [3.63, 3.8) is 0 Å². The van der Waals surface area contributed by atoms with Crippen molar-refractivity contribution in [3.05, 3.63) is 23.8 Å². The average molecular weight is 334 g/mol. The predicted molar refractivity (Wildman–Crippen MR) is 61.0 cm³/mol. The molecule has 1 rings (SSSR count). The number of thioether (sulfide) groups is 1. The molecule has 0 atom stereocenters. The molecule has 10 heteroatoms. The van der Waals surface area contributed by atoms with Crippen LogP contribution in [0.4, 0.5) is 26.3 Å². The maximum atomic E-state index is 12.4. The molecule has 0 fully saturated rings. The van der Waals surface area contributed by atoms with E-state index in [4.69, 9.17) is 5.11 Å². The van der Waals surface area contributed by atoms with Crippen molar-refractivity contribution in [2.75, 3.05) is 0 Å². The highest BCUT2D eigenvalue weighted by atomic mass is 32.2. The first-order valence-corrected chi connectivity index (χ1v) is 6.15. The van der Waals surface area contributed by atoms with Crippen molar-refractivity contribution in [2.24, 2.45) is 0 Å². The Morgan fingerprint density at radius 2 is 1.81 bits per heavy atom. The largest absolute Gasteiger partial charge is 0.573 e. The molecule has 0 bridgehead atoms. The van der Waals surface area contributed by atoms with E-state index < -0.39 is 58.7 Å². The van der Waals surface area contributed by atoms with Crippen LogP contribution in [0.1, 0.15) is 12.0 Å². The van der Waals surface area contributed by atoms with Crippen molar-refractivity contribution in [1.29, 1.82) is 0 Å². The number of hydrogen-bond donors (Lipinski definition) is 1. The first kappa shape index (κ1) is 17.5. The van der Waals surface area contributed by atoms with Crippen LogP contribution in [0.3, 0.4) is 0 Å². The molecular weight excluding hydrogens is 326 g/mol. The summed E-state index contributed by atoms with van der Waals surface area (Å²) in [4.78, 5) is 9.95. The van der Waals surface area contributed by atoms with Gasteiger partial charge in [0.2, 0.25) is 0 Å². The number of halogens is 6. The maximum Gasteiger partial charge on any atom is 0.573 e. The molecule has 118 valence electrons. The van der Waals surface area contributed by atoms with Crippen LogP contribution in [0.2, 0.25) is 0 Å². The van der Waals surface area contributed by atoms with Gasteiger partial charge in [0.1, 0.15) is 5.75 Å². The molecule has 0 amide bonds. The van der Waals surface area contributed by atoms with Crippen LogP contribution < -0.4 is 4.74 Å². The normalized spacial score (nSPS) is 12.3. The molecule has 21 heavy (non-hydrogen) atoms. The van der Waals surface area contributed by atoms with Crippen LogP contribution >= 0.6 is 11.8 Å². The molecule has 0 aliphatic carbocycles. The van der Waals surface area contributed by atoms with Gasteiger partial charge in [0, 0.05) is 16.9 Å². The molecule has 0 aliphatic rings. The molecule has 3 nitrogen and oxygen atoms in total. The van der Waals surface area contributed by atoms with Crippen molar-refractivity contribution < 1.29 is 41.0 Å². The minimum atomic E-state index is -5.08. The summed E-state index contributed by atoms with van der Waals surface area (Å²) in [5, 5.41) is 8.53. The minimum absolute atomic E-state index is 0.445. The Labute approximate surface area is 118 Å². The summed E-state index contributed by atoms with van der Waals surface area (Å²) in [6.07, 6.45) is -6.22. The topological polar surface area (TPSA) is 46.5 Å². The predicted octanol–water partition coefficient (Wildman–Crippen LogP) is 4.21. The summed E-state index contributed by atoms with van der Waals surface area (Å²) in [7, 11) is 0. The lowest BCUT2D eigenvalue weighted by Gasteiger charge is -2.16. The van der Waals surface area contributed by atoms with Gasteiger partial charge in [0.05, 0.1) is 0 Å². The van der Waals surface area contributed by atoms with Gasteiger partial charge >= 0.3 is 17.8 Å². The Morgan fingerprint density at radius 1 is 1.19 bits per heavy atom. The summed E-state index contributed by atoms with van der Waals surface area (Å²) in [6.45, 7) is 0. The second kappa shape index (κ2) is 6.46. The molecule has 1 aromatic rings. The third kappa shape index (κ3) is 6.61. The monoisotopic (exact) mass is 334 g/mol. The van der Waals surface area contributed by atoms with Crippen LogP contribution in [-0.2, 0) is 11.2 Å². The fraction of sp³-hybridized carbons (Fsp3) is 0.364. The zero-order valence-corrected chi connectivity index (χ0v) is 10.9. The third-order valence-electron chi connectivity index (χ3n) is 2.13. The summed E-state index contributed by atoms with van der Waals surface area (Å²) in [6, 6.07) is 2.77. The van der Waals surface area contributed by atoms with Crippen molar-refractivity contribution >= 4 is 17.7 Å². The molecular formula is C11H8F6O3S. The quantitative estimate of drug-likeness (QED) is 0.647. The summed E-state index contributed by atoms with van der Waals surface area (Å²) in [5.41, 5.74) is -5.16. The Morgan fingerprint density at radius 3 is 2.29 bits per heavy atom. The van der Waals surface area contributed by atoms with E-state index in [0.717, 1.165) is 18.2 Å². The van der Waals surface area contributed by atoms with Crippen LogP contribution in [-0.4, -0.2) is 22.9 Å². The number of alkyl halides is 6. The Kier molecular flexibility index (Phi) is 5.37. The second-order valence-electron chi connectivity index (χ2n) is 3.72. The lowest BCUT2D eigenvalue weighted by atomic mass is 10.1. The SMILES string of the molecule is O=C(O)CCc1c(OC(F)(F)F)cccc1SC(F)(F)F. The molecule has 0 aliphatic heterocycles. The fourth-order valence-corrected chi connectivity index (χ4v) is 2.19. The van der Waals surface area contributed by atoms with Crippen LogP contribution in [0.5, 0.6) is 5.75 Å². The maximum absolute atomic E-state index is 12.4. The number of hydrogen-bond acceptors (Lipinski definition) is 3. The fourth-order valence-electron chi connectivity index (χ4n) is 1.46. The van der Waals surface area contributed by atoms with E-state index in [0.29, 0.717) is 0 Å². The van der Waals surface area contributed by atoms with Gasteiger partial charge in [-0.05, 0) is 30.3 Å². The first-order valence-electron chi connectivity index (χ1n) is 5.33.